The predicted molar refractivity (Wildman–Crippen MR) is 62.1 cm³/mol. The lowest BCUT2D eigenvalue weighted by molar-refractivity contribution is 0.448. The first-order valence-corrected chi connectivity index (χ1v) is 5.65. The molecule has 0 aliphatic carbocycles. The number of phenolic OH excluding ortho intramolecular Hbond substituents is 2. The van der Waals surface area contributed by atoms with E-state index in [1.807, 2.05) is 0 Å². The van der Waals surface area contributed by atoms with Gasteiger partial charge in [-0.05, 0) is 18.6 Å². The van der Waals surface area contributed by atoms with Crippen molar-refractivity contribution in [3.63, 3.8) is 0 Å². The van der Waals surface area contributed by atoms with Crippen molar-refractivity contribution < 1.29 is 14.6 Å². The molecule has 0 saturated heterocycles. The summed E-state index contributed by atoms with van der Waals surface area (Å²) in [5, 5.41) is 26.5. The molecule has 1 aromatic heterocycles. The summed E-state index contributed by atoms with van der Waals surface area (Å²) in [6, 6.07) is 4.18. The van der Waals surface area contributed by atoms with Gasteiger partial charge < -0.3 is 14.6 Å². The van der Waals surface area contributed by atoms with Gasteiger partial charge in [-0.15, -0.1) is 21.8 Å². The van der Waals surface area contributed by atoms with Gasteiger partial charge in [0.05, 0.1) is 5.56 Å². The number of rotatable bonds is 4. The van der Waals surface area contributed by atoms with E-state index in [2.05, 4.69) is 10.2 Å². The Morgan fingerprint density at radius 2 is 2.06 bits per heavy atom. The van der Waals surface area contributed by atoms with Crippen LogP contribution >= 0.6 is 11.6 Å². The van der Waals surface area contributed by atoms with Crippen LogP contribution in [0.3, 0.4) is 0 Å². The topological polar surface area (TPSA) is 79.4 Å². The van der Waals surface area contributed by atoms with Crippen molar-refractivity contribution in [1.82, 2.24) is 10.2 Å². The second-order valence-electron chi connectivity index (χ2n) is 3.49. The number of halogens is 1. The van der Waals surface area contributed by atoms with Crippen molar-refractivity contribution in [2.45, 2.75) is 12.8 Å². The second-order valence-corrected chi connectivity index (χ2v) is 3.87. The lowest BCUT2D eigenvalue weighted by Crippen LogP contribution is -1.85. The van der Waals surface area contributed by atoms with Crippen LogP contribution in [0, 0.1) is 0 Å². The molecule has 1 heterocycles. The van der Waals surface area contributed by atoms with Gasteiger partial charge in [-0.2, -0.15) is 0 Å². The number of phenols is 2. The summed E-state index contributed by atoms with van der Waals surface area (Å²) < 4.78 is 5.37. The van der Waals surface area contributed by atoms with Crippen LogP contribution in [0.25, 0.3) is 11.5 Å². The Kier molecular flexibility index (Phi) is 3.49. The standard InChI is InChI=1S/C11H11ClN2O3/c12-5-1-2-10-13-14-11(17-10)8-4-3-7(15)6-9(8)16/h3-4,6,15-16H,1-2,5H2. The van der Waals surface area contributed by atoms with Gasteiger partial charge in [0, 0.05) is 18.4 Å². The second kappa shape index (κ2) is 5.05. The van der Waals surface area contributed by atoms with Crippen molar-refractivity contribution >= 4 is 11.6 Å². The molecular weight excluding hydrogens is 244 g/mol. The summed E-state index contributed by atoms with van der Waals surface area (Å²) in [6.07, 6.45) is 1.36. The Morgan fingerprint density at radius 1 is 1.24 bits per heavy atom. The molecule has 0 saturated carbocycles. The predicted octanol–water partition coefficient (Wildman–Crippen LogP) is 2.32. The number of aryl methyl sites for hydroxylation is 1. The van der Waals surface area contributed by atoms with Crippen molar-refractivity contribution in [1.29, 1.82) is 0 Å². The Labute approximate surface area is 103 Å². The zero-order valence-electron chi connectivity index (χ0n) is 8.93. The van der Waals surface area contributed by atoms with Gasteiger partial charge in [0.2, 0.25) is 5.89 Å². The molecule has 90 valence electrons. The molecule has 0 fully saturated rings. The third-order valence-corrected chi connectivity index (χ3v) is 2.47. The van der Waals surface area contributed by atoms with Gasteiger partial charge in [-0.25, -0.2) is 0 Å². The lowest BCUT2D eigenvalue weighted by atomic mass is 10.2. The minimum absolute atomic E-state index is 0.0203. The van der Waals surface area contributed by atoms with Crippen molar-refractivity contribution in [3.05, 3.63) is 24.1 Å². The molecular formula is C11H11ClN2O3. The number of hydrogen-bond donors (Lipinski definition) is 2. The maximum atomic E-state index is 9.62. The number of alkyl halides is 1. The average Bonchev–Trinajstić information content (AvgIpc) is 2.75. The highest BCUT2D eigenvalue weighted by Gasteiger charge is 2.12. The molecule has 0 amide bonds. The Balaban J connectivity index is 2.24. The van der Waals surface area contributed by atoms with Gasteiger partial charge >= 0.3 is 0 Å². The maximum Gasteiger partial charge on any atom is 0.251 e. The highest BCUT2D eigenvalue weighted by molar-refractivity contribution is 6.17. The van der Waals surface area contributed by atoms with Crippen LogP contribution in [0.4, 0.5) is 0 Å². The molecule has 6 heteroatoms. The highest BCUT2D eigenvalue weighted by atomic mass is 35.5. The highest BCUT2D eigenvalue weighted by Crippen LogP contribution is 2.31. The first kappa shape index (κ1) is 11.7. The van der Waals surface area contributed by atoms with Gasteiger partial charge in [0.25, 0.3) is 5.89 Å². The zero-order valence-corrected chi connectivity index (χ0v) is 9.68. The summed E-state index contributed by atoms with van der Waals surface area (Å²) in [4.78, 5) is 0. The fraction of sp³-hybridized carbons (Fsp3) is 0.273. The smallest absolute Gasteiger partial charge is 0.251 e. The van der Waals surface area contributed by atoms with Crippen LogP contribution in [0.2, 0.25) is 0 Å². The van der Waals surface area contributed by atoms with Crippen LogP contribution in [-0.2, 0) is 6.42 Å². The fourth-order valence-corrected chi connectivity index (χ4v) is 1.52. The largest absolute Gasteiger partial charge is 0.508 e. The van der Waals surface area contributed by atoms with E-state index in [9.17, 15) is 5.11 Å². The molecule has 0 bridgehead atoms. The summed E-state index contributed by atoms with van der Waals surface area (Å²) in [5.41, 5.74) is 0.396. The molecule has 0 radical (unpaired) electrons. The number of aromatic hydroxyl groups is 2. The van der Waals surface area contributed by atoms with E-state index in [0.29, 0.717) is 23.8 Å². The van der Waals surface area contributed by atoms with Crippen molar-refractivity contribution in [2.75, 3.05) is 5.88 Å². The lowest BCUT2D eigenvalue weighted by Gasteiger charge is -1.99. The molecule has 0 atom stereocenters. The van der Waals surface area contributed by atoms with Crippen LogP contribution < -0.4 is 0 Å². The first-order chi connectivity index (χ1) is 8.20. The van der Waals surface area contributed by atoms with Gasteiger partial charge in [0.1, 0.15) is 11.5 Å². The Bertz CT molecular complexity index is 513. The van der Waals surface area contributed by atoms with E-state index in [1.165, 1.54) is 18.2 Å². The first-order valence-electron chi connectivity index (χ1n) is 5.11. The molecule has 2 aromatic rings. The minimum Gasteiger partial charge on any atom is -0.508 e. The molecule has 0 unspecified atom stereocenters. The molecule has 2 N–H and O–H groups in total. The Hall–Kier alpha value is -1.75. The number of nitrogens with zero attached hydrogens (tertiary/aromatic N) is 2. The molecule has 0 aliphatic heterocycles. The van der Waals surface area contributed by atoms with E-state index < -0.39 is 0 Å². The normalized spacial score (nSPS) is 10.6. The van der Waals surface area contributed by atoms with Crippen molar-refractivity contribution in [3.8, 4) is 23.0 Å². The third-order valence-electron chi connectivity index (χ3n) is 2.20. The molecule has 0 aliphatic rings. The third kappa shape index (κ3) is 2.68. The molecule has 5 nitrogen and oxygen atoms in total. The minimum atomic E-state index is -0.0995. The number of benzene rings is 1. The van der Waals surface area contributed by atoms with E-state index >= 15 is 0 Å². The quantitative estimate of drug-likeness (QED) is 0.819. The summed E-state index contributed by atoms with van der Waals surface area (Å²) in [7, 11) is 0. The number of aromatic nitrogens is 2. The molecule has 1 aromatic carbocycles. The Morgan fingerprint density at radius 3 is 2.76 bits per heavy atom. The SMILES string of the molecule is Oc1ccc(-c2nnc(CCCCl)o2)c(O)c1. The average molecular weight is 255 g/mol. The zero-order chi connectivity index (χ0) is 12.3. The summed E-state index contributed by atoms with van der Waals surface area (Å²) >= 11 is 5.56. The molecule has 17 heavy (non-hydrogen) atoms. The van der Waals surface area contributed by atoms with E-state index in [-0.39, 0.29) is 17.4 Å². The monoisotopic (exact) mass is 254 g/mol. The van der Waals surface area contributed by atoms with Crippen molar-refractivity contribution in [2.24, 2.45) is 0 Å². The summed E-state index contributed by atoms with van der Waals surface area (Å²) in [5.74, 6) is 1.12. The van der Waals surface area contributed by atoms with Crippen LogP contribution in [0.5, 0.6) is 11.5 Å². The van der Waals surface area contributed by atoms with E-state index in [1.54, 1.807) is 0 Å². The van der Waals surface area contributed by atoms with Gasteiger partial charge in [-0.3, -0.25) is 0 Å². The summed E-state index contributed by atoms with van der Waals surface area (Å²) in [6.45, 7) is 0. The maximum absolute atomic E-state index is 9.62. The van der Waals surface area contributed by atoms with Crippen LogP contribution in [0.15, 0.2) is 22.6 Å². The van der Waals surface area contributed by atoms with E-state index in [0.717, 1.165) is 6.42 Å². The van der Waals surface area contributed by atoms with E-state index in [4.69, 9.17) is 21.1 Å². The van der Waals surface area contributed by atoms with Gasteiger partial charge in [-0.1, -0.05) is 0 Å². The molecule has 0 spiro atoms. The number of hydrogen-bond acceptors (Lipinski definition) is 5. The fourth-order valence-electron chi connectivity index (χ4n) is 1.38. The molecule has 2 rings (SSSR count). The van der Waals surface area contributed by atoms with Crippen LogP contribution in [-0.4, -0.2) is 26.3 Å². The van der Waals surface area contributed by atoms with Gasteiger partial charge in [0.15, 0.2) is 0 Å². The van der Waals surface area contributed by atoms with Crippen LogP contribution in [0.1, 0.15) is 12.3 Å².